The highest BCUT2D eigenvalue weighted by Gasteiger charge is 2.06. The van der Waals surface area contributed by atoms with Crippen molar-refractivity contribution in [1.29, 1.82) is 0 Å². The molecule has 0 unspecified atom stereocenters. The molecule has 5 heteroatoms. The molecule has 2 aromatic heterocycles. The minimum Gasteiger partial charge on any atom is -0.323 e. The Morgan fingerprint density at radius 2 is 2.20 bits per heavy atom. The van der Waals surface area contributed by atoms with Crippen LogP contribution in [0.1, 0.15) is 11.1 Å². The second kappa shape index (κ2) is 5.34. The smallest absolute Gasteiger partial charge is 0.263 e. The fourth-order valence-corrected chi connectivity index (χ4v) is 3.41. The van der Waals surface area contributed by atoms with E-state index in [2.05, 4.69) is 30.1 Å². The Morgan fingerprint density at radius 3 is 3.00 bits per heavy atom. The summed E-state index contributed by atoms with van der Waals surface area (Å²) in [6.45, 7) is 2.67. The van der Waals surface area contributed by atoms with Gasteiger partial charge in [0.05, 0.1) is 5.39 Å². The average molecular weight is 302 g/mol. The number of aromatic amines is 1. The number of H-pyrrole nitrogens is 1. The summed E-state index contributed by atoms with van der Waals surface area (Å²) in [4.78, 5) is 16.4. The molecule has 0 aliphatic heterocycles. The van der Waals surface area contributed by atoms with E-state index in [0.717, 1.165) is 11.3 Å². The van der Waals surface area contributed by atoms with Crippen LogP contribution in [0, 0.1) is 11.7 Å². The molecule has 0 radical (unpaired) electrons. The average Bonchev–Trinajstić information content (AvgIpc) is 2.87. The first kappa shape index (κ1) is 13.3. The first-order valence-electron chi connectivity index (χ1n) is 6.41. The van der Waals surface area contributed by atoms with E-state index < -0.39 is 0 Å². The van der Waals surface area contributed by atoms with E-state index in [-0.39, 0.29) is 5.56 Å². The highest BCUT2D eigenvalue weighted by Crippen LogP contribution is 2.14. The van der Waals surface area contributed by atoms with Crippen LogP contribution in [0.5, 0.6) is 0 Å². The Hall–Kier alpha value is -1.72. The van der Waals surface area contributed by atoms with E-state index in [1.807, 2.05) is 17.5 Å². The SMILES string of the molecule is Cc1cccc(CCn2c(=S)[nH]c3sccc3c2=O)c1. The molecule has 2 heterocycles. The second-order valence-corrected chi connectivity index (χ2v) is 6.09. The largest absolute Gasteiger partial charge is 0.323 e. The lowest BCUT2D eigenvalue weighted by molar-refractivity contribution is 0.653. The van der Waals surface area contributed by atoms with Gasteiger partial charge in [0.25, 0.3) is 5.56 Å². The molecular weight excluding hydrogens is 288 g/mol. The molecule has 20 heavy (non-hydrogen) atoms. The fourth-order valence-electron chi connectivity index (χ4n) is 2.29. The Balaban J connectivity index is 1.95. The molecule has 0 aliphatic carbocycles. The molecule has 0 saturated carbocycles. The molecule has 0 spiro atoms. The van der Waals surface area contributed by atoms with E-state index in [4.69, 9.17) is 12.2 Å². The van der Waals surface area contributed by atoms with Crippen molar-refractivity contribution in [3.8, 4) is 0 Å². The number of thiophene rings is 1. The van der Waals surface area contributed by atoms with Gasteiger partial charge in [0.2, 0.25) is 0 Å². The van der Waals surface area contributed by atoms with E-state index in [1.165, 1.54) is 22.5 Å². The zero-order chi connectivity index (χ0) is 14.1. The first-order chi connectivity index (χ1) is 9.65. The molecule has 102 valence electrons. The zero-order valence-electron chi connectivity index (χ0n) is 11.1. The van der Waals surface area contributed by atoms with Crippen LogP contribution in [0.25, 0.3) is 10.2 Å². The van der Waals surface area contributed by atoms with Gasteiger partial charge in [-0.1, -0.05) is 29.8 Å². The number of nitrogens with zero attached hydrogens (tertiary/aromatic N) is 1. The molecule has 0 saturated heterocycles. The van der Waals surface area contributed by atoms with Crippen LogP contribution >= 0.6 is 23.6 Å². The predicted molar refractivity (Wildman–Crippen MR) is 86.2 cm³/mol. The van der Waals surface area contributed by atoms with Gasteiger partial charge < -0.3 is 4.98 Å². The third-order valence-corrected chi connectivity index (χ3v) is 4.47. The zero-order valence-corrected chi connectivity index (χ0v) is 12.7. The van der Waals surface area contributed by atoms with Crippen LogP contribution in [0.4, 0.5) is 0 Å². The highest BCUT2D eigenvalue weighted by atomic mass is 32.1. The quantitative estimate of drug-likeness (QED) is 0.750. The molecular formula is C15H14N2OS2. The standard InChI is InChI=1S/C15H14N2OS2/c1-10-3-2-4-11(9-10)5-7-17-14(18)12-6-8-20-13(12)16-15(17)19/h2-4,6,8-9H,5,7H2,1H3,(H,16,19). The molecule has 3 aromatic rings. The molecule has 0 aliphatic rings. The number of hydrogen-bond acceptors (Lipinski definition) is 3. The van der Waals surface area contributed by atoms with Gasteiger partial charge in [-0.15, -0.1) is 11.3 Å². The summed E-state index contributed by atoms with van der Waals surface area (Å²) in [5.74, 6) is 0. The molecule has 3 rings (SSSR count). The van der Waals surface area contributed by atoms with Crippen molar-refractivity contribution in [3.63, 3.8) is 0 Å². The summed E-state index contributed by atoms with van der Waals surface area (Å²) >= 11 is 6.79. The first-order valence-corrected chi connectivity index (χ1v) is 7.70. The maximum atomic E-state index is 12.4. The molecule has 1 aromatic carbocycles. The number of fused-ring (bicyclic) bond motifs is 1. The van der Waals surface area contributed by atoms with Crippen molar-refractivity contribution in [3.05, 3.63) is 62.0 Å². The lowest BCUT2D eigenvalue weighted by Crippen LogP contribution is -2.22. The van der Waals surface area contributed by atoms with Crippen molar-refractivity contribution in [1.82, 2.24) is 9.55 Å². The van der Waals surface area contributed by atoms with Gasteiger partial charge in [-0.05, 0) is 42.6 Å². The molecule has 0 atom stereocenters. The van der Waals surface area contributed by atoms with Crippen LogP contribution in [0.15, 0.2) is 40.5 Å². The molecule has 3 nitrogen and oxygen atoms in total. The van der Waals surface area contributed by atoms with Crippen molar-refractivity contribution in [2.75, 3.05) is 0 Å². The lowest BCUT2D eigenvalue weighted by atomic mass is 10.1. The van der Waals surface area contributed by atoms with E-state index in [9.17, 15) is 4.79 Å². The third-order valence-electron chi connectivity index (χ3n) is 3.31. The maximum Gasteiger partial charge on any atom is 0.263 e. The van der Waals surface area contributed by atoms with Gasteiger partial charge in [-0.2, -0.15) is 0 Å². The molecule has 0 fully saturated rings. The molecule has 1 N–H and O–H groups in total. The van der Waals surface area contributed by atoms with E-state index >= 15 is 0 Å². The lowest BCUT2D eigenvalue weighted by Gasteiger charge is -2.07. The summed E-state index contributed by atoms with van der Waals surface area (Å²) in [7, 11) is 0. The summed E-state index contributed by atoms with van der Waals surface area (Å²) in [6, 6.07) is 10.2. The summed E-state index contributed by atoms with van der Waals surface area (Å²) in [6.07, 6.45) is 0.800. The van der Waals surface area contributed by atoms with Crippen molar-refractivity contribution < 1.29 is 0 Å². The highest BCUT2D eigenvalue weighted by molar-refractivity contribution is 7.71. The molecule has 0 bridgehead atoms. The van der Waals surface area contributed by atoms with Gasteiger partial charge in [0.15, 0.2) is 4.77 Å². The monoisotopic (exact) mass is 302 g/mol. The number of nitrogens with one attached hydrogen (secondary N) is 1. The Kier molecular flexibility index (Phi) is 3.54. The summed E-state index contributed by atoms with van der Waals surface area (Å²) < 4.78 is 2.14. The fraction of sp³-hybridized carbons (Fsp3) is 0.200. The van der Waals surface area contributed by atoms with Gasteiger partial charge in [0.1, 0.15) is 4.83 Å². The Labute approximate surface area is 125 Å². The second-order valence-electron chi connectivity index (χ2n) is 4.79. The van der Waals surface area contributed by atoms with Crippen molar-refractivity contribution in [2.45, 2.75) is 19.9 Å². The summed E-state index contributed by atoms with van der Waals surface area (Å²) in [5, 5.41) is 2.62. The van der Waals surface area contributed by atoms with E-state index in [1.54, 1.807) is 4.57 Å². The van der Waals surface area contributed by atoms with Crippen LogP contribution in [-0.2, 0) is 13.0 Å². The number of aromatic nitrogens is 2. The van der Waals surface area contributed by atoms with Crippen molar-refractivity contribution in [2.24, 2.45) is 0 Å². The van der Waals surface area contributed by atoms with Gasteiger partial charge >= 0.3 is 0 Å². The van der Waals surface area contributed by atoms with Gasteiger partial charge in [0, 0.05) is 6.54 Å². The predicted octanol–water partition coefficient (Wildman–Crippen LogP) is 3.67. The minimum atomic E-state index is -0.00217. The number of rotatable bonds is 3. The van der Waals surface area contributed by atoms with Crippen LogP contribution in [0.3, 0.4) is 0 Å². The number of aryl methyl sites for hydroxylation is 2. The van der Waals surface area contributed by atoms with Crippen LogP contribution < -0.4 is 5.56 Å². The van der Waals surface area contributed by atoms with Gasteiger partial charge in [-0.3, -0.25) is 9.36 Å². The van der Waals surface area contributed by atoms with Gasteiger partial charge in [-0.25, -0.2) is 0 Å². The summed E-state index contributed by atoms with van der Waals surface area (Å²) in [5.41, 5.74) is 2.45. The number of hydrogen-bond donors (Lipinski definition) is 1. The Bertz CT molecular complexity index is 873. The van der Waals surface area contributed by atoms with Crippen molar-refractivity contribution >= 4 is 33.8 Å². The topological polar surface area (TPSA) is 37.8 Å². The maximum absolute atomic E-state index is 12.4. The molecule has 0 amide bonds. The minimum absolute atomic E-state index is 0.00217. The number of benzene rings is 1. The van der Waals surface area contributed by atoms with Crippen LogP contribution in [-0.4, -0.2) is 9.55 Å². The Morgan fingerprint density at radius 1 is 1.35 bits per heavy atom. The van der Waals surface area contributed by atoms with E-state index in [0.29, 0.717) is 16.7 Å². The van der Waals surface area contributed by atoms with Crippen LogP contribution in [0.2, 0.25) is 0 Å². The normalized spacial score (nSPS) is 11.1. The third kappa shape index (κ3) is 2.46.